The summed E-state index contributed by atoms with van der Waals surface area (Å²) < 4.78 is 18.0. The van der Waals surface area contributed by atoms with Crippen LogP contribution in [0.4, 0.5) is 11.4 Å². The lowest BCUT2D eigenvalue weighted by molar-refractivity contribution is -0.385. The van der Waals surface area contributed by atoms with E-state index in [0.29, 0.717) is 40.9 Å². The normalized spacial score (nSPS) is 11.8. The summed E-state index contributed by atoms with van der Waals surface area (Å²) in [5, 5.41) is 18.4. The molecule has 1 aliphatic heterocycles. The molecule has 0 radical (unpaired) electrons. The molecule has 182 valence electrons. The van der Waals surface area contributed by atoms with Crippen LogP contribution in [-0.4, -0.2) is 39.0 Å². The summed E-state index contributed by atoms with van der Waals surface area (Å²) in [7, 11) is 0. The van der Waals surface area contributed by atoms with E-state index in [9.17, 15) is 14.9 Å². The zero-order valence-corrected chi connectivity index (χ0v) is 19.4. The van der Waals surface area contributed by atoms with E-state index < -0.39 is 10.8 Å². The highest BCUT2D eigenvalue weighted by Crippen LogP contribution is 2.36. The lowest BCUT2D eigenvalue weighted by Crippen LogP contribution is -2.12. The third-order valence-electron chi connectivity index (χ3n) is 5.53. The van der Waals surface area contributed by atoms with E-state index in [0.717, 1.165) is 5.56 Å². The van der Waals surface area contributed by atoms with Crippen LogP contribution < -0.4 is 19.5 Å². The van der Waals surface area contributed by atoms with Crippen molar-refractivity contribution in [1.29, 1.82) is 0 Å². The standard InChI is InChI=1S/C25H21N5O6/c1-3-34-25-27-23(16-6-11-21-22(13-16)36-14-35-21)29(28-25)19-9-7-18(8-10-19)26-24(31)17-5-4-15(2)20(12-17)30(32)33/h4-13H,3,14H2,1-2H3,(H,26,31). The molecule has 0 saturated heterocycles. The predicted molar refractivity (Wildman–Crippen MR) is 130 cm³/mol. The molecule has 1 aromatic heterocycles. The van der Waals surface area contributed by atoms with Gasteiger partial charge in [-0.3, -0.25) is 14.9 Å². The van der Waals surface area contributed by atoms with Gasteiger partial charge in [0.2, 0.25) is 6.79 Å². The summed E-state index contributed by atoms with van der Waals surface area (Å²) >= 11 is 0. The Morgan fingerprint density at radius 3 is 2.64 bits per heavy atom. The number of aromatic nitrogens is 3. The van der Waals surface area contributed by atoms with Crippen molar-refractivity contribution in [3.63, 3.8) is 0 Å². The molecule has 11 heteroatoms. The number of nitrogens with zero attached hydrogens (tertiary/aromatic N) is 4. The minimum Gasteiger partial charge on any atom is -0.463 e. The second-order valence-electron chi connectivity index (χ2n) is 7.89. The number of ether oxygens (including phenoxy) is 3. The number of fused-ring (bicyclic) bond motifs is 1. The van der Waals surface area contributed by atoms with Crippen LogP contribution in [0.1, 0.15) is 22.8 Å². The quantitative estimate of drug-likeness (QED) is 0.297. The summed E-state index contributed by atoms with van der Waals surface area (Å²) in [6.07, 6.45) is 0. The van der Waals surface area contributed by atoms with Gasteiger partial charge in [0.15, 0.2) is 17.3 Å². The Kier molecular flexibility index (Phi) is 5.95. The van der Waals surface area contributed by atoms with E-state index >= 15 is 0 Å². The third-order valence-corrected chi connectivity index (χ3v) is 5.53. The van der Waals surface area contributed by atoms with E-state index in [1.54, 1.807) is 48.0 Å². The Bertz CT molecular complexity index is 1460. The van der Waals surface area contributed by atoms with Gasteiger partial charge >= 0.3 is 6.01 Å². The maximum Gasteiger partial charge on any atom is 0.336 e. The molecule has 1 aliphatic rings. The highest BCUT2D eigenvalue weighted by molar-refractivity contribution is 6.04. The van der Waals surface area contributed by atoms with Crippen molar-refractivity contribution in [2.75, 3.05) is 18.7 Å². The molecule has 36 heavy (non-hydrogen) atoms. The monoisotopic (exact) mass is 487 g/mol. The molecule has 4 aromatic rings. The second kappa shape index (κ2) is 9.37. The summed E-state index contributed by atoms with van der Waals surface area (Å²) in [6.45, 7) is 4.05. The summed E-state index contributed by atoms with van der Waals surface area (Å²) in [5.41, 5.74) is 2.53. The molecule has 1 amide bonds. The maximum atomic E-state index is 12.7. The lowest BCUT2D eigenvalue weighted by atomic mass is 10.1. The molecule has 5 rings (SSSR count). The van der Waals surface area contributed by atoms with Crippen LogP contribution in [0, 0.1) is 17.0 Å². The van der Waals surface area contributed by atoms with Gasteiger partial charge in [-0.1, -0.05) is 6.07 Å². The molecular formula is C25H21N5O6. The van der Waals surface area contributed by atoms with Crippen molar-refractivity contribution in [1.82, 2.24) is 14.8 Å². The number of nitro benzene ring substituents is 1. The number of amides is 1. The first-order chi connectivity index (χ1) is 17.4. The Balaban J connectivity index is 1.41. The van der Waals surface area contributed by atoms with Gasteiger partial charge in [-0.2, -0.15) is 4.98 Å². The smallest absolute Gasteiger partial charge is 0.336 e. The summed E-state index contributed by atoms with van der Waals surface area (Å²) in [6, 6.07) is 17.1. The topological polar surface area (TPSA) is 131 Å². The second-order valence-corrected chi connectivity index (χ2v) is 7.89. The Labute approximate surface area is 205 Å². The molecular weight excluding hydrogens is 466 g/mol. The van der Waals surface area contributed by atoms with E-state index in [1.165, 1.54) is 6.07 Å². The largest absolute Gasteiger partial charge is 0.463 e. The first kappa shape index (κ1) is 22.8. The van der Waals surface area contributed by atoms with Crippen LogP contribution in [0.5, 0.6) is 17.5 Å². The number of nitrogens with one attached hydrogen (secondary N) is 1. The predicted octanol–water partition coefficient (Wildman–Crippen LogP) is 4.53. The molecule has 0 bridgehead atoms. The van der Waals surface area contributed by atoms with Crippen LogP contribution in [0.2, 0.25) is 0 Å². The fraction of sp³-hybridized carbons (Fsp3) is 0.160. The van der Waals surface area contributed by atoms with Crippen LogP contribution in [0.25, 0.3) is 17.1 Å². The van der Waals surface area contributed by atoms with E-state index in [4.69, 9.17) is 14.2 Å². The average Bonchev–Trinajstić information content (AvgIpc) is 3.51. The van der Waals surface area contributed by atoms with Gasteiger partial charge in [-0.05, 0) is 62.4 Å². The third kappa shape index (κ3) is 4.41. The van der Waals surface area contributed by atoms with E-state index in [-0.39, 0.29) is 24.1 Å². The number of rotatable bonds is 7. The summed E-state index contributed by atoms with van der Waals surface area (Å²) in [4.78, 5) is 27.9. The number of hydrogen-bond donors (Lipinski definition) is 1. The van der Waals surface area contributed by atoms with Gasteiger partial charge in [0, 0.05) is 28.4 Å². The SMILES string of the molecule is CCOc1nc(-c2ccc3c(c2)OCO3)n(-c2ccc(NC(=O)c3ccc(C)c([N+](=O)[O-])c3)cc2)n1. The van der Waals surface area contributed by atoms with Crippen molar-refractivity contribution in [2.24, 2.45) is 0 Å². The van der Waals surface area contributed by atoms with Crippen molar-refractivity contribution in [2.45, 2.75) is 13.8 Å². The van der Waals surface area contributed by atoms with Crippen molar-refractivity contribution in [3.05, 3.63) is 81.9 Å². The van der Waals surface area contributed by atoms with Gasteiger partial charge in [0.1, 0.15) is 0 Å². The molecule has 11 nitrogen and oxygen atoms in total. The van der Waals surface area contributed by atoms with Gasteiger partial charge in [-0.25, -0.2) is 4.68 Å². The van der Waals surface area contributed by atoms with Gasteiger partial charge < -0.3 is 19.5 Å². The average molecular weight is 487 g/mol. The molecule has 0 saturated carbocycles. The number of hydrogen-bond acceptors (Lipinski definition) is 8. The fourth-order valence-corrected chi connectivity index (χ4v) is 3.72. The Morgan fingerprint density at radius 2 is 1.89 bits per heavy atom. The minimum atomic E-state index is -0.507. The van der Waals surface area contributed by atoms with Crippen molar-refractivity contribution in [3.8, 4) is 34.6 Å². The lowest BCUT2D eigenvalue weighted by Gasteiger charge is -2.09. The summed E-state index contributed by atoms with van der Waals surface area (Å²) in [5.74, 6) is 1.37. The number of benzene rings is 3. The fourth-order valence-electron chi connectivity index (χ4n) is 3.72. The Morgan fingerprint density at radius 1 is 1.11 bits per heavy atom. The van der Waals surface area contributed by atoms with Crippen LogP contribution >= 0.6 is 0 Å². The first-order valence-electron chi connectivity index (χ1n) is 11.1. The molecule has 0 aliphatic carbocycles. The number of aryl methyl sites for hydroxylation is 1. The maximum absolute atomic E-state index is 12.7. The van der Waals surface area contributed by atoms with E-state index in [2.05, 4.69) is 15.4 Å². The van der Waals surface area contributed by atoms with Crippen molar-refractivity contribution < 1.29 is 23.9 Å². The van der Waals surface area contributed by atoms with Gasteiger partial charge in [0.05, 0.1) is 17.2 Å². The van der Waals surface area contributed by atoms with Crippen molar-refractivity contribution >= 4 is 17.3 Å². The molecule has 3 aromatic carbocycles. The van der Waals surface area contributed by atoms with Gasteiger partial charge in [-0.15, -0.1) is 5.10 Å². The number of nitro groups is 1. The minimum absolute atomic E-state index is 0.106. The molecule has 0 fully saturated rings. The molecule has 2 heterocycles. The zero-order valence-electron chi connectivity index (χ0n) is 19.4. The molecule has 0 spiro atoms. The van der Waals surface area contributed by atoms with Crippen LogP contribution in [0.3, 0.4) is 0 Å². The number of carbonyl (C=O) groups is 1. The Hall–Kier alpha value is -4.93. The molecule has 0 atom stereocenters. The highest BCUT2D eigenvalue weighted by Gasteiger charge is 2.20. The van der Waals surface area contributed by atoms with Gasteiger partial charge in [0.25, 0.3) is 11.6 Å². The molecule has 1 N–H and O–H groups in total. The van der Waals surface area contributed by atoms with Crippen LogP contribution in [-0.2, 0) is 0 Å². The highest BCUT2D eigenvalue weighted by atomic mass is 16.7. The molecule has 0 unspecified atom stereocenters. The van der Waals surface area contributed by atoms with E-state index in [1.807, 2.05) is 25.1 Å². The number of anilines is 1. The van der Waals surface area contributed by atoms with Crippen LogP contribution in [0.15, 0.2) is 60.7 Å². The number of carbonyl (C=O) groups excluding carboxylic acids is 1. The zero-order chi connectivity index (χ0) is 25.2. The first-order valence-corrected chi connectivity index (χ1v) is 11.1.